The maximum absolute atomic E-state index is 13.6. The molecular formula is C23H21NO4. The topological polar surface area (TPSA) is 55.8 Å². The maximum Gasteiger partial charge on any atom is 0.312 e. The fraction of sp³-hybridized carbons (Fsp3) is 0.304. The van der Waals surface area contributed by atoms with Crippen molar-refractivity contribution in [1.82, 2.24) is 4.90 Å². The van der Waals surface area contributed by atoms with E-state index >= 15 is 0 Å². The number of rotatable bonds is 4. The summed E-state index contributed by atoms with van der Waals surface area (Å²) in [5.74, 6) is -1.56. The van der Waals surface area contributed by atoms with Crippen LogP contribution in [0.1, 0.15) is 17.2 Å². The minimum Gasteiger partial charge on any atom is -0.469 e. The summed E-state index contributed by atoms with van der Waals surface area (Å²) in [6, 6.07) is 19.7. The van der Waals surface area contributed by atoms with Gasteiger partial charge in [0, 0.05) is 0 Å². The Kier molecular flexibility index (Phi) is 3.88. The summed E-state index contributed by atoms with van der Waals surface area (Å²) in [6.45, 7) is 0.422. The lowest BCUT2D eigenvalue weighted by Crippen LogP contribution is -2.40. The first kappa shape index (κ1) is 17.2. The van der Waals surface area contributed by atoms with Gasteiger partial charge in [0.25, 0.3) is 0 Å². The molecule has 0 saturated carbocycles. The Hall–Kier alpha value is -2.92. The lowest BCUT2D eigenvalue weighted by molar-refractivity contribution is -0.151. The Labute approximate surface area is 163 Å². The van der Waals surface area contributed by atoms with Gasteiger partial charge in [-0.2, -0.15) is 0 Å². The van der Waals surface area contributed by atoms with Crippen LogP contribution < -0.4 is 0 Å². The quantitative estimate of drug-likeness (QED) is 0.609. The summed E-state index contributed by atoms with van der Waals surface area (Å²) in [4.78, 5) is 27.9. The molecule has 2 bridgehead atoms. The van der Waals surface area contributed by atoms with Crippen LogP contribution in [0.5, 0.6) is 0 Å². The number of methoxy groups -OCH3 is 1. The molecule has 28 heavy (non-hydrogen) atoms. The lowest BCUT2D eigenvalue weighted by Gasteiger charge is -2.31. The smallest absolute Gasteiger partial charge is 0.312 e. The molecule has 2 aromatic carbocycles. The Balaban J connectivity index is 1.58. The molecule has 2 aromatic rings. The fourth-order valence-electron chi connectivity index (χ4n) is 4.97. The Bertz CT molecular complexity index is 902. The van der Waals surface area contributed by atoms with Gasteiger partial charge in [-0.3, -0.25) is 9.59 Å². The molecular weight excluding hydrogens is 354 g/mol. The zero-order valence-electron chi connectivity index (χ0n) is 15.5. The van der Waals surface area contributed by atoms with E-state index in [0.29, 0.717) is 6.54 Å². The van der Waals surface area contributed by atoms with Gasteiger partial charge < -0.3 is 14.4 Å². The van der Waals surface area contributed by atoms with Crippen LogP contribution in [0.15, 0.2) is 72.8 Å². The van der Waals surface area contributed by atoms with Crippen LogP contribution >= 0.6 is 0 Å². The van der Waals surface area contributed by atoms with Crippen molar-refractivity contribution < 1.29 is 19.1 Å². The Morgan fingerprint density at radius 2 is 1.71 bits per heavy atom. The number of nitrogens with zero attached hydrogens (tertiary/aromatic N) is 1. The van der Waals surface area contributed by atoms with E-state index < -0.39 is 17.4 Å². The third-order valence-electron chi connectivity index (χ3n) is 6.15. The molecule has 1 amide bonds. The molecule has 1 spiro atoms. The average Bonchev–Trinajstić information content (AvgIpc) is 3.38. The highest BCUT2D eigenvalue weighted by Gasteiger charge is 2.68. The molecule has 0 N–H and O–H groups in total. The van der Waals surface area contributed by atoms with E-state index in [1.807, 2.05) is 77.7 Å². The van der Waals surface area contributed by atoms with E-state index in [9.17, 15) is 9.59 Å². The van der Waals surface area contributed by atoms with Gasteiger partial charge in [0.1, 0.15) is 11.5 Å². The molecule has 2 saturated heterocycles. The van der Waals surface area contributed by atoms with Gasteiger partial charge >= 0.3 is 5.97 Å². The van der Waals surface area contributed by atoms with Crippen molar-refractivity contribution in [2.45, 2.75) is 17.7 Å². The normalized spacial score (nSPS) is 30.1. The van der Waals surface area contributed by atoms with Crippen LogP contribution in [0, 0.1) is 11.8 Å². The van der Waals surface area contributed by atoms with Gasteiger partial charge in [-0.25, -0.2) is 0 Å². The van der Waals surface area contributed by atoms with Crippen molar-refractivity contribution in [2.24, 2.45) is 11.8 Å². The number of carbonyl (C=O) groups excluding carboxylic acids is 2. The maximum atomic E-state index is 13.6. The minimum absolute atomic E-state index is 0.0556. The zero-order valence-corrected chi connectivity index (χ0v) is 15.5. The molecule has 3 heterocycles. The zero-order chi connectivity index (χ0) is 19.3. The number of fused-ring (bicyclic) bond motifs is 1. The number of ether oxygens (including phenoxy) is 2. The summed E-state index contributed by atoms with van der Waals surface area (Å²) < 4.78 is 11.1. The van der Waals surface area contributed by atoms with E-state index in [4.69, 9.17) is 9.47 Å². The molecule has 0 unspecified atom stereocenters. The summed E-state index contributed by atoms with van der Waals surface area (Å²) >= 11 is 0. The average molecular weight is 375 g/mol. The minimum atomic E-state index is -0.748. The molecule has 142 valence electrons. The Morgan fingerprint density at radius 1 is 1.11 bits per heavy atom. The highest BCUT2D eigenvalue weighted by molar-refractivity contribution is 5.91. The third kappa shape index (κ3) is 2.36. The van der Waals surface area contributed by atoms with Crippen LogP contribution in [-0.4, -0.2) is 42.1 Å². The van der Waals surface area contributed by atoms with Crippen molar-refractivity contribution >= 4 is 11.9 Å². The molecule has 3 aliphatic heterocycles. The molecule has 5 heteroatoms. The van der Waals surface area contributed by atoms with Crippen LogP contribution in [0.4, 0.5) is 0 Å². The van der Waals surface area contributed by atoms with Gasteiger partial charge in [0.05, 0.1) is 31.7 Å². The molecule has 0 radical (unpaired) electrons. The van der Waals surface area contributed by atoms with E-state index in [-0.39, 0.29) is 24.0 Å². The monoisotopic (exact) mass is 375 g/mol. The van der Waals surface area contributed by atoms with E-state index in [0.717, 1.165) is 11.1 Å². The Morgan fingerprint density at radius 3 is 2.29 bits per heavy atom. The molecule has 5 rings (SSSR count). The van der Waals surface area contributed by atoms with Crippen LogP contribution in [-0.2, 0) is 19.1 Å². The molecule has 3 aliphatic rings. The van der Waals surface area contributed by atoms with E-state index in [1.165, 1.54) is 7.11 Å². The second kappa shape index (κ2) is 6.31. The lowest BCUT2D eigenvalue weighted by atomic mass is 9.77. The van der Waals surface area contributed by atoms with E-state index in [1.54, 1.807) is 0 Å². The van der Waals surface area contributed by atoms with E-state index in [2.05, 4.69) is 0 Å². The van der Waals surface area contributed by atoms with Crippen LogP contribution in [0.25, 0.3) is 0 Å². The predicted molar refractivity (Wildman–Crippen MR) is 102 cm³/mol. The highest BCUT2D eigenvalue weighted by atomic mass is 16.5. The number of hydrogen-bond acceptors (Lipinski definition) is 4. The molecule has 0 aliphatic carbocycles. The number of benzene rings is 2. The number of esters is 1. The first-order valence-corrected chi connectivity index (χ1v) is 9.50. The summed E-state index contributed by atoms with van der Waals surface area (Å²) in [7, 11) is 1.36. The third-order valence-corrected chi connectivity index (χ3v) is 6.15. The number of hydrogen-bond donors (Lipinski definition) is 0. The second-order valence-corrected chi connectivity index (χ2v) is 7.61. The standard InChI is InChI=1S/C23H21NO4/c1-27-22(26)18-17-12-13-23(28-17)14-24(21(25)19(18)23)20(15-8-4-2-5-9-15)16-10-6-3-7-11-16/h2-13,17-20H,14H2,1H3/t17-,18-,19-,23+/m0/s1. The van der Waals surface area contributed by atoms with Crippen LogP contribution in [0.2, 0.25) is 0 Å². The van der Waals surface area contributed by atoms with Crippen molar-refractivity contribution in [2.75, 3.05) is 13.7 Å². The largest absolute Gasteiger partial charge is 0.469 e. The van der Waals surface area contributed by atoms with Crippen LogP contribution in [0.3, 0.4) is 0 Å². The van der Waals surface area contributed by atoms with Gasteiger partial charge in [-0.05, 0) is 11.1 Å². The van der Waals surface area contributed by atoms with Gasteiger partial charge in [-0.15, -0.1) is 0 Å². The number of carbonyl (C=O) groups is 2. The second-order valence-electron chi connectivity index (χ2n) is 7.61. The van der Waals surface area contributed by atoms with Gasteiger partial charge in [0.2, 0.25) is 5.91 Å². The predicted octanol–water partition coefficient (Wildman–Crippen LogP) is 2.73. The van der Waals surface area contributed by atoms with Gasteiger partial charge in [0.15, 0.2) is 0 Å². The van der Waals surface area contributed by atoms with Crippen molar-refractivity contribution in [3.05, 3.63) is 83.9 Å². The van der Waals surface area contributed by atoms with Crippen molar-refractivity contribution in [1.29, 1.82) is 0 Å². The number of likely N-dealkylation sites (tertiary alicyclic amines) is 1. The number of amides is 1. The fourth-order valence-corrected chi connectivity index (χ4v) is 4.97. The SMILES string of the molecule is COC(=O)[C@H]1[C@@H]2C=C[C@]3(CN(C(c4ccccc4)c4ccccc4)C(=O)[C@H]13)O2. The summed E-state index contributed by atoms with van der Waals surface area (Å²) in [5.41, 5.74) is 1.32. The van der Waals surface area contributed by atoms with Crippen molar-refractivity contribution in [3.63, 3.8) is 0 Å². The summed E-state index contributed by atoms with van der Waals surface area (Å²) in [6.07, 6.45) is 3.48. The molecule has 0 aromatic heterocycles. The molecule has 2 fully saturated rings. The highest BCUT2D eigenvalue weighted by Crippen LogP contribution is 2.54. The van der Waals surface area contributed by atoms with Crippen molar-refractivity contribution in [3.8, 4) is 0 Å². The molecule has 5 nitrogen and oxygen atoms in total. The van der Waals surface area contributed by atoms with Gasteiger partial charge in [-0.1, -0.05) is 72.8 Å². The first-order valence-electron chi connectivity index (χ1n) is 9.50. The first-order chi connectivity index (χ1) is 13.6. The summed E-state index contributed by atoms with van der Waals surface area (Å²) in [5, 5.41) is 0. The molecule has 4 atom stereocenters.